The summed E-state index contributed by atoms with van der Waals surface area (Å²) in [5.74, 6) is 0.920. The summed E-state index contributed by atoms with van der Waals surface area (Å²) in [5.41, 5.74) is 1.08. The van der Waals surface area contributed by atoms with E-state index < -0.39 is 0 Å². The number of hydrogen-bond acceptors (Lipinski definition) is 5. The SMILES string of the molecule is C/C=C/c1cc(C(=O)NCC(=O)NCc2ccco2)cc(OC)c1OC. The summed E-state index contributed by atoms with van der Waals surface area (Å²) in [4.78, 5) is 24.2. The van der Waals surface area contributed by atoms with E-state index >= 15 is 0 Å². The Morgan fingerprint density at radius 1 is 1.19 bits per heavy atom. The van der Waals surface area contributed by atoms with Crippen LogP contribution in [0.2, 0.25) is 0 Å². The van der Waals surface area contributed by atoms with Crippen LogP contribution in [-0.4, -0.2) is 32.6 Å². The summed E-state index contributed by atoms with van der Waals surface area (Å²) in [5, 5.41) is 5.25. The molecule has 7 heteroatoms. The highest BCUT2D eigenvalue weighted by Gasteiger charge is 2.15. The van der Waals surface area contributed by atoms with E-state index in [1.807, 2.05) is 19.1 Å². The van der Waals surface area contributed by atoms with Gasteiger partial charge in [0.05, 0.1) is 33.6 Å². The molecule has 2 aromatic rings. The predicted octanol–water partition coefficient (Wildman–Crippen LogP) is 2.38. The third-order valence-electron chi connectivity index (χ3n) is 3.57. The fourth-order valence-electron chi connectivity index (χ4n) is 2.35. The number of nitrogens with one attached hydrogen (secondary N) is 2. The number of allylic oxidation sites excluding steroid dienone is 1. The zero-order valence-corrected chi connectivity index (χ0v) is 15.0. The minimum absolute atomic E-state index is 0.146. The number of methoxy groups -OCH3 is 2. The molecule has 2 rings (SSSR count). The van der Waals surface area contributed by atoms with Crippen molar-refractivity contribution in [1.29, 1.82) is 0 Å². The number of carbonyl (C=O) groups excluding carboxylic acids is 2. The van der Waals surface area contributed by atoms with Crippen LogP contribution in [0, 0.1) is 0 Å². The Bertz CT molecular complexity index is 781. The van der Waals surface area contributed by atoms with Crippen molar-refractivity contribution >= 4 is 17.9 Å². The van der Waals surface area contributed by atoms with Gasteiger partial charge in [0, 0.05) is 11.1 Å². The monoisotopic (exact) mass is 358 g/mol. The maximum Gasteiger partial charge on any atom is 0.251 e. The number of carbonyl (C=O) groups is 2. The van der Waals surface area contributed by atoms with Gasteiger partial charge < -0.3 is 24.5 Å². The first-order chi connectivity index (χ1) is 12.6. The van der Waals surface area contributed by atoms with Gasteiger partial charge in [-0.05, 0) is 31.2 Å². The van der Waals surface area contributed by atoms with Crippen LogP contribution in [0.1, 0.15) is 28.6 Å². The van der Waals surface area contributed by atoms with Crippen LogP contribution in [0.4, 0.5) is 0 Å². The van der Waals surface area contributed by atoms with E-state index in [-0.39, 0.29) is 24.9 Å². The number of hydrogen-bond donors (Lipinski definition) is 2. The summed E-state index contributed by atoms with van der Waals surface area (Å²) in [7, 11) is 3.04. The van der Waals surface area contributed by atoms with Crippen LogP contribution in [-0.2, 0) is 11.3 Å². The molecule has 1 aromatic heterocycles. The van der Waals surface area contributed by atoms with Crippen molar-refractivity contribution in [3.8, 4) is 11.5 Å². The summed E-state index contributed by atoms with van der Waals surface area (Å²) < 4.78 is 15.8. The number of benzene rings is 1. The van der Waals surface area contributed by atoms with Crippen LogP contribution >= 0.6 is 0 Å². The lowest BCUT2D eigenvalue weighted by atomic mass is 10.1. The molecule has 0 aliphatic rings. The fraction of sp³-hybridized carbons (Fsp3) is 0.263. The van der Waals surface area contributed by atoms with Crippen LogP contribution in [0.25, 0.3) is 6.08 Å². The molecule has 0 spiro atoms. The van der Waals surface area contributed by atoms with E-state index in [2.05, 4.69) is 10.6 Å². The van der Waals surface area contributed by atoms with E-state index in [1.54, 1.807) is 24.3 Å². The summed E-state index contributed by atoms with van der Waals surface area (Å²) >= 11 is 0. The summed E-state index contributed by atoms with van der Waals surface area (Å²) in [6.45, 7) is 1.98. The van der Waals surface area contributed by atoms with E-state index in [9.17, 15) is 9.59 Å². The molecule has 138 valence electrons. The molecule has 0 radical (unpaired) electrons. The van der Waals surface area contributed by atoms with Crippen molar-refractivity contribution in [2.75, 3.05) is 20.8 Å². The van der Waals surface area contributed by atoms with Gasteiger partial charge in [-0.1, -0.05) is 12.2 Å². The maximum absolute atomic E-state index is 12.4. The van der Waals surface area contributed by atoms with Crippen LogP contribution in [0.5, 0.6) is 11.5 Å². The smallest absolute Gasteiger partial charge is 0.251 e. The molecule has 0 unspecified atom stereocenters. The molecule has 0 fully saturated rings. The highest BCUT2D eigenvalue weighted by molar-refractivity contribution is 5.97. The Labute approximate surface area is 152 Å². The molecular formula is C19H22N2O5. The van der Waals surface area contributed by atoms with Gasteiger partial charge in [-0.3, -0.25) is 9.59 Å². The van der Waals surface area contributed by atoms with E-state index in [1.165, 1.54) is 20.5 Å². The predicted molar refractivity (Wildman–Crippen MR) is 97.1 cm³/mol. The number of ether oxygens (including phenoxy) is 2. The van der Waals surface area contributed by atoms with E-state index in [0.717, 1.165) is 0 Å². The average molecular weight is 358 g/mol. The summed E-state index contributed by atoms with van der Waals surface area (Å²) in [6.07, 6.45) is 5.18. The lowest BCUT2D eigenvalue weighted by molar-refractivity contribution is -0.120. The second-order valence-corrected chi connectivity index (χ2v) is 5.34. The normalized spacial score (nSPS) is 10.6. The molecule has 0 saturated heterocycles. The molecule has 0 atom stereocenters. The van der Waals surface area contributed by atoms with Crippen molar-refractivity contribution < 1.29 is 23.5 Å². The highest BCUT2D eigenvalue weighted by Crippen LogP contribution is 2.33. The number of furan rings is 1. The number of amides is 2. The Balaban J connectivity index is 2.02. The zero-order valence-electron chi connectivity index (χ0n) is 15.0. The molecule has 2 N–H and O–H groups in total. The summed E-state index contributed by atoms with van der Waals surface area (Å²) in [6, 6.07) is 6.74. The minimum atomic E-state index is -0.384. The molecule has 1 aromatic carbocycles. The van der Waals surface area contributed by atoms with Crippen molar-refractivity contribution in [2.24, 2.45) is 0 Å². The lowest BCUT2D eigenvalue weighted by Crippen LogP contribution is -2.36. The first-order valence-electron chi connectivity index (χ1n) is 8.05. The van der Waals surface area contributed by atoms with Crippen LogP contribution in [0.15, 0.2) is 41.0 Å². The van der Waals surface area contributed by atoms with Gasteiger partial charge in [-0.25, -0.2) is 0 Å². The molecule has 0 saturated carbocycles. The quantitative estimate of drug-likeness (QED) is 0.756. The second-order valence-electron chi connectivity index (χ2n) is 5.34. The highest BCUT2D eigenvalue weighted by atomic mass is 16.5. The third kappa shape index (κ3) is 4.89. The first-order valence-corrected chi connectivity index (χ1v) is 8.05. The lowest BCUT2D eigenvalue weighted by Gasteiger charge is -2.13. The van der Waals surface area contributed by atoms with Gasteiger partial charge in [0.15, 0.2) is 11.5 Å². The van der Waals surface area contributed by atoms with E-state index in [4.69, 9.17) is 13.9 Å². The van der Waals surface area contributed by atoms with Crippen molar-refractivity contribution in [3.05, 3.63) is 53.5 Å². The molecular weight excluding hydrogens is 336 g/mol. The molecule has 2 amide bonds. The van der Waals surface area contributed by atoms with Gasteiger partial charge in [-0.2, -0.15) is 0 Å². The average Bonchev–Trinajstić information content (AvgIpc) is 3.17. The Kier molecular flexibility index (Phi) is 6.84. The van der Waals surface area contributed by atoms with Gasteiger partial charge in [0.25, 0.3) is 5.91 Å². The zero-order chi connectivity index (χ0) is 18.9. The van der Waals surface area contributed by atoms with Crippen LogP contribution < -0.4 is 20.1 Å². The third-order valence-corrected chi connectivity index (χ3v) is 3.57. The number of rotatable bonds is 8. The van der Waals surface area contributed by atoms with Gasteiger partial charge in [0.1, 0.15) is 5.76 Å². The van der Waals surface area contributed by atoms with Crippen molar-refractivity contribution in [2.45, 2.75) is 13.5 Å². The largest absolute Gasteiger partial charge is 0.493 e. The molecule has 0 aliphatic carbocycles. The Morgan fingerprint density at radius 2 is 2.00 bits per heavy atom. The second kappa shape index (κ2) is 9.31. The minimum Gasteiger partial charge on any atom is -0.493 e. The van der Waals surface area contributed by atoms with E-state index in [0.29, 0.717) is 28.4 Å². The topological polar surface area (TPSA) is 89.8 Å². The van der Waals surface area contributed by atoms with Gasteiger partial charge in [0.2, 0.25) is 5.91 Å². The van der Waals surface area contributed by atoms with Crippen molar-refractivity contribution in [3.63, 3.8) is 0 Å². The molecule has 7 nitrogen and oxygen atoms in total. The standard InChI is InChI=1S/C19H22N2O5/c1-4-6-13-9-14(10-16(24-2)18(13)25-3)19(23)21-12-17(22)20-11-15-7-5-8-26-15/h4-10H,11-12H2,1-3H3,(H,20,22)(H,21,23)/b6-4+. The first kappa shape index (κ1) is 19.1. The van der Waals surface area contributed by atoms with Crippen LogP contribution in [0.3, 0.4) is 0 Å². The fourth-order valence-corrected chi connectivity index (χ4v) is 2.35. The molecule has 0 aliphatic heterocycles. The Morgan fingerprint density at radius 3 is 2.62 bits per heavy atom. The molecule has 0 bridgehead atoms. The maximum atomic E-state index is 12.4. The molecule has 26 heavy (non-hydrogen) atoms. The van der Waals surface area contributed by atoms with Gasteiger partial charge in [-0.15, -0.1) is 0 Å². The van der Waals surface area contributed by atoms with Gasteiger partial charge >= 0.3 is 0 Å². The Hall–Kier alpha value is -3.22. The molecule has 1 heterocycles. The van der Waals surface area contributed by atoms with Crippen molar-refractivity contribution in [1.82, 2.24) is 10.6 Å².